The number of rotatable bonds is 3. The first-order valence-corrected chi connectivity index (χ1v) is 5.19. The van der Waals surface area contributed by atoms with Crippen LogP contribution in [0.4, 0.5) is 0 Å². The molecular formula is C12H16O2. The molecule has 0 saturated heterocycles. The summed E-state index contributed by atoms with van der Waals surface area (Å²) in [5, 5.41) is 8.75. The Morgan fingerprint density at radius 3 is 3.07 bits per heavy atom. The van der Waals surface area contributed by atoms with E-state index in [4.69, 9.17) is 9.84 Å². The fourth-order valence-corrected chi connectivity index (χ4v) is 1.86. The molecule has 0 bridgehead atoms. The highest BCUT2D eigenvalue weighted by Crippen LogP contribution is 2.18. The molecule has 1 heterocycles. The molecule has 0 saturated carbocycles. The van der Waals surface area contributed by atoms with Gasteiger partial charge < -0.3 is 9.84 Å². The van der Waals surface area contributed by atoms with Gasteiger partial charge in [0.2, 0.25) is 0 Å². The molecule has 1 aliphatic heterocycles. The van der Waals surface area contributed by atoms with Gasteiger partial charge in [-0.3, -0.25) is 0 Å². The second-order valence-corrected chi connectivity index (χ2v) is 3.73. The van der Waals surface area contributed by atoms with Crippen LogP contribution in [0, 0.1) is 0 Å². The molecule has 1 aliphatic rings. The molecule has 1 N–H and O–H groups in total. The van der Waals surface area contributed by atoms with Gasteiger partial charge in [0.05, 0.1) is 13.2 Å². The minimum atomic E-state index is 0.278. The first-order chi connectivity index (χ1) is 6.90. The Kier molecular flexibility index (Phi) is 3.17. The molecule has 76 valence electrons. The summed E-state index contributed by atoms with van der Waals surface area (Å²) in [5.74, 6) is 0. The molecule has 1 aromatic carbocycles. The van der Waals surface area contributed by atoms with Crippen LogP contribution in [-0.2, 0) is 24.2 Å². The van der Waals surface area contributed by atoms with Gasteiger partial charge in [-0.2, -0.15) is 0 Å². The minimum Gasteiger partial charge on any atom is -0.396 e. The van der Waals surface area contributed by atoms with Crippen LogP contribution in [0.25, 0.3) is 0 Å². The van der Waals surface area contributed by atoms with Gasteiger partial charge in [0.1, 0.15) is 0 Å². The van der Waals surface area contributed by atoms with Crippen LogP contribution in [0.2, 0.25) is 0 Å². The highest BCUT2D eigenvalue weighted by molar-refractivity contribution is 5.33. The zero-order chi connectivity index (χ0) is 9.80. The molecule has 0 unspecified atom stereocenters. The van der Waals surface area contributed by atoms with Crippen LogP contribution >= 0.6 is 0 Å². The predicted octanol–water partition coefficient (Wildman–Crippen LogP) is 1.68. The number of hydrogen-bond acceptors (Lipinski definition) is 2. The zero-order valence-corrected chi connectivity index (χ0v) is 8.33. The molecule has 0 aliphatic carbocycles. The van der Waals surface area contributed by atoms with Gasteiger partial charge in [-0.15, -0.1) is 0 Å². The maximum atomic E-state index is 8.75. The lowest BCUT2D eigenvalue weighted by atomic mass is 9.98. The summed E-state index contributed by atoms with van der Waals surface area (Å²) < 4.78 is 5.38. The maximum Gasteiger partial charge on any atom is 0.0719 e. The summed E-state index contributed by atoms with van der Waals surface area (Å²) in [6.07, 6.45) is 2.86. The van der Waals surface area contributed by atoms with Crippen LogP contribution in [-0.4, -0.2) is 18.3 Å². The molecule has 1 aromatic rings. The highest BCUT2D eigenvalue weighted by Gasteiger charge is 2.09. The van der Waals surface area contributed by atoms with Crippen LogP contribution in [0.3, 0.4) is 0 Å². The topological polar surface area (TPSA) is 29.5 Å². The van der Waals surface area contributed by atoms with Crippen molar-refractivity contribution in [3.8, 4) is 0 Å². The lowest BCUT2D eigenvalue weighted by molar-refractivity contribution is 0.110. The predicted molar refractivity (Wildman–Crippen MR) is 55.2 cm³/mol. The van der Waals surface area contributed by atoms with Crippen molar-refractivity contribution in [2.75, 3.05) is 13.2 Å². The number of hydrogen-bond donors (Lipinski definition) is 1. The van der Waals surface area contributed by atoms with E-state index >= 15 is 0 Å². The lowest BCUT2D eigenvalue weighted by Gasteiger charge is -2.17. The fourth-order valence-electron chi connectivity index (χ4n) is 1.86. The van der Waals surface area contributed by atoms with Crippen molar-refractivity contribution < 1.29 is 9.84 Å². The van der Waals surface area contributed by atoms with Crippen LogP contribution < -0.4 is 0 Å². The van der Waals surface area contributed by atoms with E-state index in [2.05, 4.69) is 18.2 Å². The second-order valence-electron chi connectivity index (χ2n) is 3.73. The van der Waals surface area contributed by atoms with E-state index < -0.39 is 0 Å². The molecule has 14 heavy (non-hydrogen) atoms. The third-order valence-electron chi connectivity index (χ3n) is 2.67. The van der Waals surface area contributed by atoms with Gasteiger partial charge >= 0.3 is 0 Å². The average molecular weight is 192 g/mol. The summed E-state index contributed by atoms with van der Waals surface area (Å²) in [5.41, 5.74) is 4.08. The molecule has 2 nitrogen and oxygen atoms in total. The summed E-state index contributed by atoms with van der Waals surface area (Å²) in [6.45, 7) is 1.88. The van der Waals surface area contributed by atoms with E-state index in [1.165, 1.54) is 16.7 Å². The first kappa shape index (κ1) is 9.69. The Hall–Kier alpha value is -0.860. The van der Waals surface area contributed by atoms with Crippen molar-refractivity contribution in [1.29, 1.82) is 0 Å². The maximum absolute atomic E-state index is 8.75. The average Bonchev–Trinajstić information content (AvgIpc) is 2.26. The molecule has 0 radical (unpaired) electrons. The molecule has 2 heteroatoms. The summed E-state index contributed by atoms with van der Waals surface area (Å²) in [4.78, 5) is 0. The van der Waals surface area contributed by atoms with Crippen molar-refractivity contribution in [2.24, 2.45) is 0 Å². The van der Waals surface area contributed by atoms with E-state index in [0.29, 0.717) is 0 Å². The second kappa shape index (κ2) is 4.58. The summed E-state index contributed by atoms with van der Waals surface area (Å²) in [7, 11) is 0. The molecule has 0 fully saturated rings. The van der Waals surface area contributed by atoms with Crippen LogP contribution in [0.1, 0.15) is 23.1 Å². The zero-order valence-electron chi connectivity index (χ0n) is 8.33. The Labute approximate surface area is 84.5 Å². The quantitative estimate of drug-likeness (QED) is 0.789. The van der Waals surface area contributed by atoms with E-state index in [1.807, 2.05) is 0 Å². The normalized spacial score (nSPS) is 15.2. The van der Waals surface area contributed by atoms with Gasteiger partial charge in [-0.05, 0) is 36.0 Å². The lowest BCUT2D eigenvalue weighted by Crippen LogP contribution is -2.10. The van der Waals surface area contributed by atoms with E-state index in [0.717, 1.165) is 32.5 Å². The molecule has 0 spiro atoms. The van der Waals surface area contributed by atoms with Crippen molar-refractivity contribution >= 4 is 0 Å². The van der Waals surface area contributed by atoms with Crippen molar-refractivity contribution in [1.82, 2.24) is 0 Å². The number of ether oxygens (including phenoxy) is 1. The number of aryl methyl sites for hydroxylation is 1. The Bertz CT molecular complexity index is 307. The van der Waals surface area contributed by atoms with Gasteiger partial charge in [-0.25, -0.2) is 0 Å². The van der Waals surface area contributed by atoms with Gasteiger partial charge in [0.25, 0.3) is 0 Å². The smallest absolute Gasteiger partial charge is 0.0719 e. The van der Waals surface area contributed by atoms with Crippen molar-refractivity contribution in [3.63, 3.8) is 0 Å². The first-order valence-electron chi connectivity index (χ1n) is 5.19. The largest absolute Gasteiger partial charge is 0.396 e. The SMILES string of the molecule is OCCCc1ccc2c(c1)CCOC2. The molecule has 2 rings (SSSR count). The number of benzene rings is 1. The third kappa shape index (κ3) is 2.14. The summed E-state index contributed by atoms with van der Waals surface area (Å²) >= 11 is 0. The minimum absolute atomic E-state index is 0.278. The standard InChI is InChI=1S/C12H16O2/c13-6-1-2-10-3-4-12-9-14-7-5-11(12)8-10/h3-4,8,13H,1-2,5-7,9H2. The van der Waals surface area contributed by atoms with Crippen LogP contribution in [0.5, 0.6) is 0 Å². The monoisotopic (exact) mass is 192 g/mol. The van der Waals surface area contributed by atoms with Gasteiger partial charge in [-0.1, -0.05) is 18.2 Å². The number of fused-ring (bicyclic) bond motifs is 1. The van der Waals surface area contributed by atoms with Gasteiger partial charge in [0.15, 0.2) is 0 Å². The Balaban J connectivity index is 2.12. The molecular weight excluding hydrogens is 176 g/mol. The molecule has 0 aromatic heterocycles. The number of aliphatic hydroxyl groups excluding tert-OH is 1. The Morgan fingerprint density at radius 1 is 1.29 bits per heavy atom. The highest BCUT2D eigenvalue weighted by atomic mass is 16.5. The fraction of sp³-hybridized carbons (Fsp3) is 0.500. The van der Waals surface area contributed by atoms with Crippen molar-refractivity contribution in [3.05, 3.63) is 34.9 Å². The van der Waals surface area contributed by atoms with Crippen molar-refractivity contribution in [2.45, 2.75) is 25.9 Å². The number of aliphatic hydroxyl groups is 1. The Morgan fingerprint density at radius 2 is 2.21 bits per heavy atom. The summed E-state index contributed by atoms with van der Waals surface area (Å²) in [6, 6.07) is 6.55. The van der Waals surface area contributed by atoms with E-state index in [1.54, 1.807) is 0 Å². The van der Waals surface area contributed by atoms with E-state index in [9.17, 15) is 0 Å². The molecule has 0 atom stereocenters. The van der Waals surface area contributed by atoms with Crippen LogP contribution in [0.15, 0.2) is 18.2 Å². The third-order valence-corrected chi connectivity index (χ3v) is 2.67. The molecule has 0 amide bonds. The van der Waals surface area contributed by atoms with Gasteiger partial charge in [0, 0.05) is 6.61 Å². The van der Waals surface area contributed by atoms with E-state index in [-0.39, 0.29) is 6.61 Å².